The van der Waals surface area contributed by atoms with E-state index in [-0.39, 0.29) is 6.54 Å². The van der Waals surface area contributed by atoms with Gasteiger partial charge in [-0.25, -0.2) is 0 Å². The van der Waals surface area contributed by atoms with E-state index in [1.165, 1.54) is 6.92 Å². The molecule has 0 radical (unpaired) electrons. The maximum absolute atomic E-state index is 12.4. The van der Waals surface area contributed by atoms with Gasteiger partial charge in [-0.1, -0.05) is 12.1 Å². The van der Waals surface area contributed by atoms with Gasteiger partial charge in [0.15, 0.2) is 5.69 Å². The van der Waals surface area contributed by atoms with Crippen LogP contribution in [0.15, 0.2) is 10.8 Å². The molecule has 0 saturated heterocycles. The predicted molar refractivity (Wildman–Crippen MR) is 50.6 cm³/mol. The highest BCUT2D eigenvalue weighted by Gasteiger charge is 2.39. The highest BCUT2D eigenvalue weighted by Crippen LogP contribution is 2.30. The molecule has 0 bridgehead atoms. The minimum Gasteiger partial charge on any atom is -0.481 e. The molecule has 1 amide bonds. The Morgan fingerprint density at radius 2 is 2.17 bits per heavy atom. The first kappa shape index (κ1) is 14.0. The average molecular weight is 266 g/mol. The van der Waals surface area contributed by atoms with Crippen LogP contribution in [-0.2, 0) is 11.0 Å². The van der Waals surface area contributed by atoms with Crippen LogP contribution in [0.5, 0.6) is 0 Å². The summed E-state index contributed by atoms with van der Waals surface area (Å²) in [5.41, 5.74) is -2.22. The molecule has 0 aliphatic rings. The molecule has 6 nitrogen and oxygen atoms in total. The Hall–Kier alpha value is -2.06. The van der Waals surface area contributed by atoms with E-state index in [2.05, 4.69) is 15.0 Å². The second-order valence-electron chi connectivity index (χ2n) is 3.52. The molecule has 0 fully saturated rings. The summed E-state index contributed by atoms with van der Waals surface area (Å²) in [6.45, 7) is 1.01. The van der Waals surface area contributed by atoms with Gasteiger partial charge in [-0.3, -0.25) is 9.59 Å². The topological polar surface area (TPSA) is 92.4 Å². The van der Waals surface area contributed by atoms with Crippen LogP contribution in [0.1, 0.15) is 23.0 Å². The molecule has 1 unspecified atom stereocenters. The zero-order valence-corrected chi connectivity index (χ0v) is 9.11. The van der Waals surface area contributed by atoms with Crippen molar-refractivity contribution in [2.24, 2.45) is 5.92 Å². The van der Waals surface area contributed by atoms with Crippen molar-refractivity contribution >= 4 is 11.9 Å². The van der Waals surface area contributed by atoms with Crippen LogP contribution in [0, 0.1) is 5.92 Å². The van der Waals surface area contributed by atoms with Crippen LogP contribution in [-0.4, -0.2) is 28.7 Å². The monoisotopic (exact) mass is 266 g/mol. The van der Waals surface area contributed by atoms with E-state index in [4.69, 9.17) is 5.11 Å². The quantitative estimate of drug-likeness (QED) is 0.852. The molecule has 0 aliphatic carbocycles. The van der Waals surface area contributed by atoms with E-state index in [9.17, 15) is 22.8 Å². The van der Waals surface area contributed by atoms with Crippen molar-refractivity contribution < 1.29 is 32.4 Å². The third kappa shape index (κ3) is 3.22. The number of aromatic nitrogens is 1. The summed E-state index contributed by atoms with van der Waals surface area (Å²) in [5.74, 6) is -3.17. The predicted octanol–water partition coefficient (Wildman–Crippen LogP) is 1.14. The first-order valence-corrected chi connectivity index (χ1v) is 4.76. The van der Waals surface area contributed by atoms with E-state index in [0.717, 1.165) is 0 Å². The van der Waals surface area contributed by atoms with Gasteiger partial charge >= 0.3 is 12.1 Å². The fourth-order valence-electron chi connectivity index (χ4n) is 1.03. The number of aliphatic carboxylic acids is 1. The molecule has 9 heteroatoms. The SMILES string of the molecule is CC(CNC(=O)c1conc1C(F)(F)F)C(=O)O. The Kier molecular flexibility index (Phi) is 3.94. The number of nitrogens with one attached hydrogen (secondary N) is 1. The maximum atomic E-state index is 12.4. The van der Waals surface area contributed by atoms with Crippen LogP contribution in [0.4, 0.5) is 13.2 Å². The minimum atomic E-state index is -4.81. The smallest absolute Gasteiger partial charge is 0.437 e. The molecule has 1 aromatic rings. The lowest BCUT2D eigenvalue weighted by Crippen LogP contribution is -2.32. The van der Waals surface area contributed by atoms with Gasteiger partial charge in [0, 0.05) is 6.54 Å². The Morgan fingerprint density at radius 1 is 1.56 bits per heavy atom. The average Bonchev–Trinajstić information content (AvgIpc) is 2.73. The number of hydrogen-bond donors (Lipinski definition) is 2. The standard InChI is InChI=1S/C9H9F3N2O4/c1-4(8(16)17)2-13-7(15)5-3-18-14-6(5)9(10,11)12/h3-4H,2H2,1H3,(H,13,15)(H,16,17). The summed E-state index contributed by atoms with van der Waals surface area (Å²) in [4.78, 5) is 21.9. The zero-order valence-electron chi connectivity index (χ0n) is 9.11. The van der Waals surface area contributed by atoms with Crippen molar-refractivity contribution in [3.8, 4) is 0 Å². The lowest BCUT2D eigenvalue weighted by Gasteiger charge is -2.08. The van der Waals surface area contributed by atoms with Gasteiger partial charge in [-0.15, -0.1) is 0 Å². The summed E-state index contributed by atoms with van der Waals surface area (Å²) in [7, 11) is 0. The number of nitrogens with zero attached hydrogens (tertiary/aromatic N) is 1. The number of alkyl halides is 3. The van der Waals surface area contributed by atoms with E-state index in [1.54, 1.807) is 0 Å². The third-order valence-electron chi connectivity index (χ3n) is 2.07. The molecule has 18 heavy (non-hydrogen) atoms. The lowest BCUT2D eigenvalue weighted by atomic mass is 10.1. The number of amides is 1. The molecule has 0 spiro atoms. The number of hydrogen-bond acceptors (Lipinski definition) is 4. The first-order chi connectivity index (χ1) is 8.23. The van der Waals surface area contributed by atoms with Gasteiger partial charge in [0.1, 0.15) is 11.8 Å². The fourth-order valence-corrected chi connectivity index (χ4v) is 1.03. The highest BCUT2D eigenvalue weighted by atomic mass is 19.4. The highest BCUT2D eigenvalue weighted by molar-refractivity contribution is 5.95. The lowest BCUT2D eigenvalue weighted by molar-refractivity contribution is -0.143. The zero-order chi connectivity index (χ0) is 13.9. The summed E-state index contributed by atoms with van der Waals surface area (Å²) in [6.07, 6.45) is -4.25. The molecule has 0 saturated carbocycles. The summed E-state index contributed by atoms with van der Waals surface area (Å²) in [5, 5.41) is 13.3. The summed E-state index contributed by atoms with van der Waals surface area (Å²) >= 11 is 0. The minimum absolute atomic E-state index is 0.295. The van der Waals surface area contributed by atoms with Gasteiger partial charge in [0.05, 0.1) is 5.92 Å². The largest absolute Gasteiger partial charge is 0.481 e. The molecular formula is C9H9F3N2O4. The second kappa shape index (κ2) is 5.07. The molecule has 1 atom stereocenters. The summed E-state index contributed by atoms with van der Waals surface area (Å²) in [6, 6.07) is 0. The Morgan fingerprint density at radius 3 is 2.67 bits per heavy atom. The molecule has 0 aliphatic heterocycles. The molecule has 1 heterocycles. The van der Waals surface area contributed by atoms with Crippen LogP contribution >= 0.6 is 0 Å². The van der Waals surface area contributed by atoms with E-state index in [1.807, 2.05) is 0 Å². The Bertz CT molecular complexity index is 455. The van der Waals surface area contributed by atoms with Crippen molar-refractivity contribution in [3.63, 3.8) is 0 Å². The van der Waals surface area contributed by atoms with Gasteiger partial charge in [0.25, 0.3) is 5.91 Å². The number of halogens is 3. The number of carboxylic acids is 1. The van der Waals surface area contributed by atoms with Gasteiger partial charge in [0.2, 0.25) is 0 Å². The third-order valence-corrected chi connectivity index (χ3v) is 2.07. The molecule has 0 aromatic carbocycles. The van der Waals surface area contributed by atoms with Crippen molar-refractivity contribution in [3.05, 3.63) is 17.5 Å². The fraction of sp³-hybridized carbons (Fsp3) is 0.444. The van der Waals surface area contributed by atoms with Gasteiger partial charge in [-0.2, -0.15) is 13.2 Å². The van der Waals surface area contributed by atoms with Crippen LogP contribution in [0.2, 0.25) is 0 Å². The number of carboxylic acid groups (broad SMARTS) is 1. The summed E-state index contributed by atoms with van der Waals surface area (Å²) < 4.78 is 41.2. The molecule has 2 N–H and O–H groups in total. The van der Waals surface area contributed by atoms with Crippen molar-refractivity contribution in [2.75, 3.05) is 6.54 Å². The molecule has 100 valence electrons. The van der Waals surface area contributed by atoms with E-state index >= 15 is 0 Å². The van der Waals surface area contributed by atoms with Crippen molar-refractivity contribution in [1.29, 1.82) is 0 Å². The van der Waals surface area contributed by atoms with Gasteiger partial charge in [-0.05, 0) is 0 Å². The Labute approximate surface area is 98.8 Å². The first-order valence-electron chi connectivity index (χ1n) is 4.76. The number of carbonyl (C=O) groups excluding carboxylic acids is 1. The van der Waals surface area contributed by atoms with Crippen molar-refractivity contribution in [1.82, 2.24) is 10.5 Å². The molecular weight excluding hydrogens is 257 g/mol. The van der Waals surface area contributed by atoms with E-state index < -0.39 is 35.2 Å². The number of carbonyl (C=O) groups is 2. The van der Waals surface area contributed by atoms with Crippen LogP contribution in [0.25, 0.3) is 0 Å². The maximum Gasteiger partial charge on any atom is 0.437 e. The van der Waals surface area contributed by atoms with Crippen LogP contribution < -0.4 is 5.32 Å². The normalized spacial score (nSPS) is 13.1. The van der Waals surface area contributed by atoms with Crippen molar-refractivity contribution in [2.45, 2.75) is 13.1 Å². The van der Waals surface area contributed by atoms with E-state index in [0.29, 0.717) is 6.26 Å². The van der Waals surface area contributed by atoms with Gasteiger partial charge < -0.3 is 14.9 Å². The number of rotatable bonds is 4. The molecule has 1 aromatic heterocycles. The van der Waals surface area contributed by atoms with Crippen LogP contribution in [0.3, 0.4) is 0 Å². The Balaban J connectivity index is 2.74. The second-order valence-corrected chi connectivity index (χ2v) is 3.52. The molecule has 1 rings (SSSR count).